The van der Waals surface area contributed by atoms with Gasteiger partial charge in [0.25, 0.3) is 5.91 Å². The van der Waals surface area contributed by atoms with Crippen LogP contribution in [0.5, 0.6) is 0 Å². The summed E-state index contributed by atoms with van der Waals surface area (Å²) < 4.78 is 0. The third kappa shape index (κ3) is 4.93. The van der Waals surface area contributed by atoms with Gasteiger partial charge in [0.2, 0.25) is 5.91 Å². The molecule has 1 N–H and O–H groups in total. The first-order valence-electron chi connectivity index (χ1n) is 10.5. The maximum Gasteiger partial charge on any atom is 0.259 e. The summed E-state index contributed by atoms with van der Waals surface area (Å²) in [7, 11) is 0. The van der Waals surface area contributed by atoms with Crippen molar-refractivity contribution in [2.75, 3.05) is 4.90 Å². The van der Waals surface area contributed by atoms with Crippen LogP contribution in [0.1, 0.15) is 27.5 Å². The molecule has 0 aliphatic rings. The average molecular weight is 421 g/mol. The molecule has 0 spiro atoms. The molecule has 0 saturated carbocycles. The standard InChI is InChI=1S/C28H24N2O2/c31-27(29-21-22-13-5-1-6-14-22)26(23-15-7-2-8-16-23)30(25-19-11-4-12-20-25)28(32)24-17-9-3-10-18-24/h1-20,26H,21H2,(H,29,31). The highest BCUT2D eigenvalue weighted by atomic mass is 16.2. The molecule has 4 heteroatoms. The summed E-state index contributed by atoms with van der Waals surface area (Å²) in [6, 6.07) is 36.7. The zero-order chi connectivity index (χ0) is 22.2. The zero-order valence-corrected chi connectivity index (χ0v) is 17.6. The van der Waals surface area contributed by atoms with Gasteiger partial charge in [0, 0.05) is 17.8 Å². The van der Waals surface area contributed by atoms with E-state index in [-0.39, 0.29) is 11.8 Å². The molecule has 4 nitrogen and oxygen atoms in total. The van der Waals surface area contributed by atoms with Crippen LogP contribution in [0.25, 0.3) is 0 Å². The van der Waals surface area contributed by atoms with Crippen LogP contribution in [0.2, 0.25) is 0 Å². The SMILES string of the molecule is O=C(NCc1ccccc1)C(c1ccccc1)N(C(=O)c1ccccc1)c1ccccc1. The van der Waals surface area contributed by atoms with Gasteiger partial charge < -0.3 is 5.32 Å². The second-order valence-electron chi connectivity index (χ2n) is 7.39. The van der Waals surface area contributed by atoms with Crippen molar-refractivity contribution in [2.45, 2.75) is 12.6 Å². The topological polar surface area (TPSA) is 49.4 Å². The number of para-hydroxylation sites is 1. The Kier molecular flexibility index (Phi) is 6.73. The lowest BCUT2D eigenvalue weighted by atomic mass is 10.0. The third-order valence-electron chi connectivity index (χ3n) is 5.21. The molecule has 1 unspecified atom stereocenters. The summed E-state index contributed by atoms with van der Waals surface area (Å²) in [5.74, 6) is -0.478. The Hall–Kier alpha value is -4.18. The van der Waals surface area contributed by atoms with Gasteiger partial charge in [0.15, 0.2) is 0 Å². The quantitative estimate of drug-likeness (QED) is 0.436. The lowest BCUT2D eigenvalue weighted by Gasteiger charge is -2.31. The summed E-state index contributed by atoms with van der Waals surface area (Å²) in [6.45, 7) is 0.380. The third-order valence-corrected chi connectivity index (χ3v) is 5.21. The monoisotopic (exact) mass is 420 g/mol. The van der Waals surface area contributed by atoms with Crippen LogP contribution < -0.4 is 10.2 Å². The van der Waals surface area contributed by atoms with Crippen molar-refractivity contribution in [1.82, 2.24) is 5.32 Å². The predicted octanol–water partition coefficient (Wildman–Crippen LogP) is 5.39. The van der Waals surface area contributed by atoms with Gasteiger partial charge in [0.05, 0.1) is 0 Å². The first-order valence-corrected chi connectivity index (χ1v) is 10.5. The number of hydrogen-bond acceptors (Lipinski definition) is 2. The van der Waals surface area contributed by atoms with Crippen LogP contribution in [-0.2, 0) is 11.3 Å². The van der Waals surface area contributed by atoms with E-state index in [0.29, 0.717) is 17.8 Å². The van der Waals surface area contributed by atoms with Crippen molar-refractivity contribution in [2.24, 2.45) is 0 Å². The van der Waals surface area contributed by atoms with Gasteiger partial charge in [-0.2, -0.15) is 0 Å². The number of rotatable bonds is 7. The Labute approximate surface area is 188 Å². The number of anilines is 1. The van der Waals surface area contributed by atoms with Crippen LogP contribution in [0.3, 0.4) is 0 Å². The molecule has 0 aliphatic heterocycles. The fourth-order valence-electron chi connectivity index (χ4n) is 3.63. The molecule has 0 radical (unpaired) electrons. The Morgan fingerprint density at radius 2 is 1.16 bits per heavy atom. The Morgan fingerprint density at radius 3 is 1.75 bits per heavy atom. The van der Waals surface area contributed by atoms with E-state index in [1.807, 2.05) is 109 Å². The molecule has 1 atom stereocenters. The van der Waals surface area contributed by atoms with Crippen LogP contribution >= 0.6 is 0 Å². The van der Waals surface area contributed by atoms with Gasteiger partial charge in [-0.1, -0.05) is 97.1 Å². The van der Waals surface area contributed by atoms with Crippen molar-refractivity contribution < 1.29 is 9.59 Å². The van der Waals surface area contributed by atoms with Gasteiger partial charge in [-0.25, -0.2) is 0 Å². The van der Waals surface area contributed by atoms with E-state index in [1.54, 1.807) is 17.0 Å². The highest BCUT2D eigenvalue weighted by molar-refractivity contribution is 6.10. The number of hydrogen-bond donors (Lipinski definition) is 1. The number of amides is 2. The second kappa shape index (κ2) is 10.2. The molecule has 0 saturated heterocycles. The Balaban J connectivity index is 1.74. The minimum atomic E-state index is -0.824. The maximum atomic E-state index is 13.7. The summed E-state index contributed by atoms with van der Waals surface area (Å²) in [6.07, 6.45) is 0. The van der Waals surface area contributed by atoms with Crippen LogP contribution in [0, 0.1) is 0 Å². The van der Waals surface area contributed by atoms with Crippen LogP contribution in [0.4, 0.5) is 5.69 Å². The molecule has 0 heterocycles. The molecular weight excluding hydrogens is 396 g/mol. The van der Waals surface area contributed by atoms with Crippen molar-refractivity contribution in [3.63, 3.8) is 0 Å². The fourth-order valence-corrected chi connectivity index (χ4v) is 3.63. The Bertz CT molecular complexity index is 1150. The van der Waals surface area contributed by atoms with Crippen molar-refractivity contribution in [1.29, 1.82) is 0 Å². The fraction of sp³-hybridized carbons (Fsp3) is 0.0714. The van der Waals surface area contributed by atoms with E-state index >= 15 is 0 Å². The number of benzene rings is 4. The summed E-state index contributed by atoms with van der Waals surface area (Å²) in [5.41, 5.74) is 2.91. The minimum Gasteiger partial charge on any atom is -0.350 e. The summed E-state index contributed by atoms with van der Waals surface area (Å²) >= 11 is 0. The van der Waals surface area contributed by atoms with Crippen molar-refractivity contribution in [3.05, 3.63) is 138 Å². The van der Waals surface area contributed by atoms with E-state index in [9.17, 15) is 9.59 Å². The highest BCUT2D eigenvalue weighted by Crippen LogP contribution is 2.29. The van der Waals surface area contributed by atoms with E-state index in [2.05, 4.69) is 5.32 Å². The van der Waals surface area contributed by atoms with E-state index < -0.39 is 6.04 Å². The molecule has 4 aromatic rings. The first kappa shape index (κ1) is 21.1. The van der Waals surface area contributed by atoms with Gasteiger partial charge in [-0.15, -0.1) is 0 Å². The lowest BCUT2D eigenvalue weighted by molar-refractivity contribution is -0.122. The highest BCUT2D eigenvalue weighted by Gasteiger charge is 2.33. The van der Waals surface area contributed by atoms with Crippen molar-refractivity contribution in [3.8, 4) is 0 Å². The number of carbonyl (C=O) groups is 2. The Morgan fingerprint density at radius 1 is 0.656 bits per heavy atom. The van der Waals surface area contributed by atoms with E-state index in [4.69, 9.17) is 0 Å². The molecule has 4 rings (SSSR count). The van der Waals surface area contributed by atoms with Gasteiger partial charge in [-0.3, -0.25) is 14.5 Å². The molecule has 0 fully saturated rings. The number of carbonyl (C=O) groups excluding carboxylic acids is 2. The minimum absolute atomic E-state index is 0.236. The first-order chi connectivity index (χ1) is 15.7. The van der Waals surface area contributed by atoms with Crippen LogP contribution in [0.15, 0.2) is 121 Å². The van der Waals surface area contributed by atoms with Gasteiger partial charge in [0.1, 0.15) is 6.04 Å². The van der Waals surface area contributed by atoms with Crippen LogP contribution in [-0.4, -0.2) is 11.8 Å². The van der Waals surface area contributed by atoms with E-state index in [1.165, 1.54) is 0 Å². The largest absolute Gasteiger partial charge is 0.350 e. The van der Waals surface area contributed by atoms with E-state index in [0.717, 1.165) is 11.1 Å². The normalized spacial score (nSPS) is 11.4. The molecular formula is C28H24N2O2. The molecule has 4 aromatic carbocycles. The molecule has 32 heavy (non-hydrogen) atoms. The zero-order valence-electron chi connectivity index (χ0n) is 17.6. The molecule has 158 valence electrons. The predicted molar refractivity (Wildman–Crippen MR) is 127 cm³/mol. The number of nitrogens with one attached hydrogen (secondary N) is 1. The van der Waals surface area contributed by atoms with Gasteiger partial charge >= 0.3 is 0 Å². The summed E-state index contributed by atoms with van der Waals surface area (Å²) in [5, 5.41) is 3.02. The number of nitrogens with zero attached hydrogens (tertiary/aromatic N) is 1. The molecule has 2 amide bonds. The second-order valence-corrected chi connectivity index (χ2v) is 7.39. The molecule has 0 aliphatic carbocycles. The average Bonchev–Trinajstić information content (AvgIpc) is 2.87. The maximum absolute atomic E-state index is 13.7. The van der Waals surface area contributed by atoms with Crippen molar-refractivity contribution >= 4 is 17.5 Å². The lowest BCUT2D eigenvalue weighted by Crippen LogP contribution is -2.44. The summed E-state index contributed by atoms with van der Waals surface area (Å²) in [4.78, 5) is 28.8. The smallest absolute Gasteiger partial charge is 0.259 e. The molecule has 0 bridgehead atoms. The molecule has 0 aromatic heterocycles. The van der Waals surface area contributed by atoms with Gasteiger partial charge in [-0.05, 0) is 35.4 Å².